The number of hydrogen-bond donors (Lipinski definition) is 3. The van der Waals surface area contributed by atoms with Gasteiger partial charge in [0.2, 0.25) is 0 Å². The van der Waals surface area contributed by atoms with Crippen LogP contribution in [-0.4, -0.2) is 44.7 Å². The number of hydrogen-bond acceptors (Lipinski definition) is 7. The number of aliphatic hydroxyl groups excluding tert-OH is 3. The first kappa shape index (κ1) is 23.4. The summed E-state index contributed by atoms with van der Waals surface area (Å²) < 4.78 is 11.5. The molecule has 0 spiro atoms. The van der Waals surface area contributed by atoms with Gasteiger partial charge in [0.25, 0.3) is 0 Å². The molecule has 1 aliphatic rings. The van der Waals surface area contributed by atoms with Crippen LogP contribution in [-0.2, 0) is 11.2 Å². The lowest BCUT2D eigenvalue weighted by Gasteiger charge is -2.43. The first-order valence-electron chi connectivity index (χ1n) is 10.6. The Labute approximate surface area is 196 Å². The number of nitrogens with zero attached hydrogens (tertiary/aromatic N) is 1. The van der Waals surface area contributed by atoms with E-state index in [1.54, 1.807) is 24.6 Å². The van der Waals surface area contributed by atoms with Crippen LogP contribution in [0, 0.1) is 5.41 Å². The Balaban J connectivity index is 1.57. The number of aliphatic hydroxyl groups is 3. The minimum absolute atomic E-state index is 0.111. The van der Waals surface area contributed by atoms with Gasteiger partial charge < -0.3 is 24.5 Å². The number of halogens is 1. The van der Waals surface area contributed by atoms with Crippen LogP contribution in [0.4, 0.5) is 0 Å². The molecule has 3 heterocycles. The number of furan rings is 1. The fourth-order valence-corrected chi connectivity index (χ4v) is 5.09. The molecule has 0 bridgehead atoms. The first-order chi connectivity index (χ1) is 15.1. The number of aromatic nitrogens is 1. The van der Waals surface area contributed by atoms with Gasteiger partial charge in [0.15, 0.2) is 0 Å². The zero-order valence-corrected chi connectivity index (χ0v) is 19.8. The van der Waals surface area contributed by atoms with E-state index in [0.717, 1.165) is 21.2 Å². The van der Waals surface area contributed by atoms with Gasteiger partial charge in [-0.3, -0.25) is 0 Å². The largest absolute Gasteiger partial charge is 0.463 e. The highest BCUT2D eigenvalue weighted by Crippen LogP contribution is 2.38. The van der Waals surface area contributed by atoms with Gasteiger partial charge in [0.1, 0.15) is 30.2 Å². The van der Waals surface area contributed by atoms with E-state index in [4.69, 9.17) is 20.8 Å². The normalized spacial score (nSPS) is 26.4. The quantitative estimate of drug-likeness (QED) is 0.496. The molecular formula is C24H28ClNO5S. The molecule has 172 valence electrons. The van der Waals surface area contributed by atoms with Gasteiger partial charge in [-0.05, 0) is 41.2 Å². The standard InChI is InChI=1S/C24H28ClNO5S/c1-24(2,3)11-17-20(27)21(28)22(29)23(31-17)13-6-7-15(25)14(9-13)10-19-26-12-18(32-19)16-5-4-8-30-16/h4-9,12,17,20-23,27-29H,10-11H2,1-3H3/t17-,20-,21-,22-,23+/m1/s1. The molecular weight excluding hydrogens is 450 g/mol. The average molecular weight is 478 g/mol. The Morgan fingerprint density at radius 3 is 2.56 bits per heavy atom. The lowest BCUT2D eigenvalue weighted by molar-refractivity contribution is -0.230. The molecule has 2 aromatic heterocycles. The van der Waals surface area contributed by atoms with Crippen LogP contribution in [0.1, 0.15) is 49.4 Å². The maximum atomic E-state index is 10.6. The summed E-state index contributed by atoms with van der Waals surface area (Å²) in [5.74, 6) is 0.768. The molecule has 0 radical (unpaired) electrons. The van der Waals surface area contributed by atoms with Crippen molar-refractivity contribution in [2.75, 3.05) is 0 Å². The third kappa shape index (κ3) is 5.09. The molecule has 8 heteroatoms. The van der Waals surface area contributed by atoms with Gasteiger partial charge in [0.05, 0.1) is 22.3 Å². The molecule has 4 rings (SSSR count). The second-order valence-electron chi connectivity index (χ2n) is 9.45. The van der Waals surface area contributed by atoms with Gasteiger partial charge in [-0.2, -0.15) is 0 Å². The Kier molecular flexibility index (Phi) is 6.77. The fraction of sp³-hybridized carbons (Fsp3) is 0.458. The molecule has 0 aliphatic carbocycles. The number of thiazole rings is 1. The molecule has 1 fully saturated rings. The zero-order chi connectivity index (χ0) is 23.0. The summed E-state index contributed by atoms with van der Waals surface area (Å²) >= 11 is 7.99. The van der Waals surface area contributed by atoms with Gasteiger partial charge in [0, 0.05) is 17.6 Å². The van der Waals surface area contributed by atoms with Crippen molar-refractivity contribution in [3.8, 4) is 10.6 Å². The van der Waals surface area contributed by atoms with Crippen LogP contribution in [0.3, 0.4) is 0 Å². The molecule has 5 atom stereocenters. The Bertz CT molecular complexity index is 1050. The van der Waals surface area contributed by atoms with Gasteiger partial charge in [-0.15, -0.1) is 11.3 Å². The third-order valence-electron chi connectivity index (χ3n) is 5.58. The highest BCUT2D eigenvalue weighted by atomic mass is 35.5. The summed E-state index contributed by atoms with van der Waals surface area (Å²) in [6.07, 6.45) is -0.596. The molecule has 1 aromatic carbocycles. The van der Waals surface area contributed by atoms with Crippen LogP contribution in [0.5, 0.6) is 0 Å². The van der Waals surface area contributed by atoms with Crippen molar-refractivity contribution in [1.82, 2.24) is 4.98 Å². The zero-order valence-electron chi connectivity index (χ0n) is 18.2. The summed E-state index contributed by atoms with van der Waals surface area (Å²) in [5, 5.41) is 33.0. The van der Waals surface area contributed by atoms with E-state index in [-0.39, 0.29) is 5.41 Å². The molecule has 3 aromatic rings. The molecule has 0 saturated carbocycles. The first-order valence-corrected chi connectivity index (χ1v) is 11.8. The van der Waals surface area contributed by atoms with Crippen molar-refractivity contribution < 1.29 is 24.5 Å². The van der Waals surface area contributed by atoms with Crippen molar-refractivity contribution in [3.63, 3.8) is 0 Å². The molecule has 3 N–H and O–H groups in total. The van der Waals surface area contributed by atoms with Crippen molar-refractivity contribution in [3.05, 3.63) is 63.9 Å². The minimum atomic E-state index is -1.30. The van der Waals surface area contributed by atoms with Gasteiger partial charge in [-0.1, -0.05) is 44.5 Å². The van der Waals surface area contributed by atoms with Crippen molar-refractivity contribution in [1.29, 1.82) is 0 Å². The SMILES string of the molecule is CC(C)(C)C[C@H]1O[C@@H](c2ccc(Cl)c(Cc3ncc(-c4ccco4)s3)c2)[C@H](O)[C@H](O)[C@@H]1O. The minimum Gasteiger partial charge on any atom is -0.463 e. The van der Waals surface area contributed by atoms with Crippen LogP contribution in [0.25, 0.3) is 10.6 Å². The molecule has 0 amide bonds. The lowest BCUT2D eigenvalue weighted by Crippen LogP contribution is -2.54. The number of rotatable bonds is 5. The monoisotopic (exact) mass is 477 g/mol. The van der Waals surface area contributed by atoms with E-state index in [1.807, 2.05) is 39.0 Å². The second kappa shape index (κ2) is 9.25. The predicted molar refractivity (Wildman–Crippen MR) is 124 cm³/mol. The maximum absolute atomic E-state index is 10.6. The number of benzene rings is 1. The van der Waals surface area contributed by atoms with Crippen LogP contribution >= 0.6 is 22.9 Å². The van der Waals surface area contributed by atoms with Crippen molar-refractivity contribution in [2.45, 2.75) is 64.1 Å². The van der Waals surface area contributed by atoms with Gasteiger partial charge >= 0.3 is 0 Å². The molecule has 1 saturated heterocycles. The maximum Gasteiger partial charge on any atom is 0.145 e. The van der Waals surface area contributed by atoms with E-state index >= 15 is 0 Å². The fourth-order valence-electron chi connectivity index (χ4n) is 3.99. The van der Waals surface area contributed by atoms with Crippen LogP contribution in [0.2, 0.25) is 5.02 Å². The Hall–Kier alpha value is -1.74. The second-order valence-corrected chi connectivity index (χ2v) is 11.0. The summed E-state index contributed by atoms with van der Waals surface area (Å²) in [7, 11) is 0. The van der Waals surface area contributed by atoms with E-state index in [9.17, 15) is 15.3 Å². The van der Waals surface area contributed by atoms with Gasteiger partial charge in [-0.25, -0.2) is 4.98 Å². The topological polar surface area (TPSA) is 96.0 Å². The van der Waals surface area contributed by atoms with Crippen molar-refractivity contribution >= 4 is 22.9 Å². The van der Waals surface area contributed by atoms with Crippen molar-refractivity contribution in [2.24, 2.45) is 5.41 Å². The highest BCUT2D eigenvalue weighted by molar-refractivity contribution is 7.15. The predicted octanol–water partition coefficient (Wildman–Crippen LogP) is 4.61. The lowest BCUT2D eigenvalue weighted by atomic mass is 9.82. The summed E-state index contributed by atoms with van der Waals surface area (Å²) in [4.78, 5) is 5.42. The Morgan fingerprint density at radius 1 is 1.09 bits per heavy atom. The molecule has 6 nitrogen and oxygen atoms in total. The van der Waals surface area contributed by atoms with E-state index in [2.05, 4.69) is 4.98 Å². The molecule has 0 unspecified atom stereocenters. The van der Waals surface area contributed by atoms with Crippen LogP contribution in [0.15, 0.2) is 47.2 Å². The summed E-state index contributed by atoms with van der Waals surface area (Å²) in [6.45, 7) is 6.13. The summed E-state index contributed by atoms with van der Waals surface area (Å²) in [6, 6.07) is 9.15. The van der Waals surface area contributed by atoms with E-state index in [1.165, 1.54) is 11.3 Å². The Morgan fingerprint density at radius 2 is 1.88 bits per heavy atom. The smallest absolute Gasteiger partial charge is 0.145 e. The number of ether oxygens (including phenoxy) is 1. The molecule has 32 heavy (non-hydrogen) atoms. The molecule has 1 aliphatic heterocycles. The average Bonchev–Trinajstić information content (AvgIpc) is 3.41. The third-order valence-corrected chi connectivity index (χ3v) is 6.96. The van der Waals surface area contributed by atoms with E-state index in [0.29, 0.717) is 23.4 Å². The van der Waals surface area contributed by atoms with E-state index < -0.39 is 30.5 Å². The summed E-state index contributed by atoms with van der Waals surface area (Å²) in [5.41, 5.74) is 1.43. The highest BCUT2D eigenvalue weighted by Gasteiger charge is 2.45. The van der Waals surface area contributed by atoms with Crippen LogP contribution < -0.4 is 0 Å².